The monoisotopic (exact) mass is 299 g/mol. The quantitative estimate of drug-likeness (QED) is 0.766. The molecule has 0 aliphatic heterocycles. The van der Waals surface area contributed by atoms with E-state index in [1.807, 2.05) is 17.9 Å². The standard InChI is InChI=1S/C16H21N5O/c1-4-8-17-16(22)12-6-7-15(18-9-12)19-10-13-11-21(3)20-14(13)5-2/h4,6-7,9,11H,1,5,8,10H2,2-3H3,(H,17,22)(H,18,19). The van der Waals surface area contributed by atoms with Crippen LogP contribution in [0.3, 0.4) is 0 Å². The predicted molar refractivity (Wildman–Crippen MR) is 86.7 cm³/mol. The Morgan fingerprint density at radius 3 is 2.91 bits per heavy atom. The number of carbonyl (C=O) groups excluding carboxylic acids is 1. The zero-order valence-corrected chi connectivity index (χ0v) is 13.0. The second-order valence-corrected chi connectivity index (χ2v) is 4.91. The molecule has 22 heavy (non-hydrogen) atoms. The SMILES string of the molecule is C=CCNC(=O)c1ccc(NCc2cn(C)nc2CC)nc1. The van der Waals surface area contributed by atoms with Gasteiger partial charge < -0.3 is 10.6 Å². The van der Waals surface area contributed by atoms with E-state index < -0.39 is 0 Å². The Hall–Kier alpha value is -2.63. The van der Waals surface area contributed by atoms with Gasteiger partial charge in [-0.1, -0.05) is 13.0 Å². The lowest BCUT2D eigenvalue weighted by Gasteiger charge is -2.06. The number of nitrogens with one attached hydrogen (secondary N) is 2. The van der Waals surface area contributed by atoms with Crippen LogP contribution in [0.1, 0.15) is 28.5 Å². The molecule has 2 rings (SSSR count). The van der Waals surface area contributed by atoms with Crippen molar-refractivity contribution < 1.29 is 4.79 Å². The van der Waals surface area contributed by atoms with Crippen molar-refractivity contribution in [3.8, 4) is 0 Å². The van der Waals surface area contributed by atoms with E-state index in [0.29, 0.717) is 18.7 Å². The Bertz CT molecular complexity index is 645. The molecule has 1 amide bonds. The topological polar surface area (TPSA) is 71.8 Å². The number of amides is 1. The third-order valence-electron chi connectivity index (χ3n) is 3.22. The molecule has 116 valence electrons. The smallest absolute Gasteiger partial charge is 0.253 e. The van der Waals surface area contributed by atoms with Gasteiger partial charge in [0.05, 0.1) is 11.3 Å². The molecule has 0 aliphatic carbocycles. The summed E-state index contributed by atoms with van der Waals surface area (Å²) >= 11 is 0. The van der Waals surface area contributed by atoms with Gasteiger partial charge in [-0.15, -0.1) is 6.58 Å². The molecule has 0 saturated heterocycles. The minimum atomic E-state index is -0.153. The molecule has 0 bridgehead atoms. The third kappa shape index (κ3) is 3.94. The Balaban J connectivity index is 1.96. The summed E-state index contributed by atoms with van der Waals surface area (Å²) in [6, 6.07) is 3.54. The highest BCUT2D eigenvalue weighted by Crippen LogP contribution is 2.11. The van der Waals surface area contributed by atoms with E-state index in [1.165, 1.54) is 0 Å². The lowest BCUT2D eigenvalue weighted by Crippen LogP contribution is -2.23. The molecule has 0 atom stereocenters. The number of rotatable bonds is 7. The molecule has 0 spiro atoms. The highest BCUT2D eigenvalue weighted by molar-refractivity contribution is 5.94. The van der Waals surface area contributed by atoms with Gasteiger partial charge in [-0.05, 0) is 18.6 Å². The van der Waals surface area contributed by atoms with Crippen LogP contribution in [-0.2, 0) is 20.0 Å². The van der Waals surface area contributed by atoms with E-state index in [4.69, 9.17) is 0 Å². The predicted octanol–water partition coefficient (Wildman–Crippen LogP) is 1.91. The summed E-state index contributed by atoms with van der Waals surface area (Å²) < 4.78 is 1.82. The molecule has 6 nitrogen and oxygen atoms in total. The van der Waals surface area contributed by atoms with Crippen LogP contribution >= 0.6 is 0 Å². The normalized spacial score (nSPS) is 10.3. The fourth-order valence-corrected chi connectivity index (χ4v) is 2.11. The van der Waals surface area contributed by atoms with Crippen molar-refractivity contribution in [2.45, 2.75) is 19.9 Å². The molecule has 0 saturated carbocycles. The third-order valence-corrected chi connectivity index (χ3v) is 3.22. The number of hydrogen-bond donors (Lipinski definition) is 2. The lowest BCUT2D eigenvalue weighted by atomic mass is 10.2. The van der Waals surface area contributed by atoms with Crippen LogP contribution < -0.4 is 10.6 Å². The fourth-order valence-electron chi connectivity index (χ4n) is 2.11. The van der Waals surface area contributed by atoms with Crippen LogP contribution in [0.15, 0.2) is 37.2 Å². The highest BCUT2D eigenvalue weighted by Gasteiger charge is 2.07. The van der Waals surface area contributed by atoms with Crippen molar-refractivity contribution in [2.24, 2.45) is 7.05 Å². The Kier molecular flexibility index (Phi) is 5.30. The van der Waals surface area contributed by atoms with Gasteiger partial charge in [0.1, 0.15) is 5.82 Å². The average Bonchev–Trinajstić information content (AvgIpc) is 2.91. The number of nitrogens with zero attached hydrogens (tertiary/aromatic N) is 3. The highest BCUT2D eigenvalue weighted by atomic mass is 16.1. The summed E-state index contributed by atoms with van der Waals surface area (Å²) in [6.45, 7) is 6.75. The van der Waals surface area contributed by atoms with E-state index >= 15 is 0 Å². The van der Waals surface area contributed by atoms with Crippen molar-refractivity contribution in [3.05, 3.63) is 54.0 Å². The number of carbonyl (C=O) groups is 1. The van der Waals surface area contributed by atoms with E-state index in [-0.39, 0.29) is 5.91 Å². The first-order valence-corrected chi connectivity index (χ1v) is 7.24. The molecule has 0 aromatic carbocycles. The van der Waals surface area contributed by atoms with E-state index in [2.05, 4.69) is 34.2 Å². The van der Waals surface area contributed by atoms with Crippen LogP contribution in [0.25, 0.3) is 0 Å². The average molecular weight is 299 g/mol. The van der Waals surface area contributed by atoms with Crippen LogP contribution in [-0.4, -0.2) is 27.2 Å². The molecule has 2 N–H and O–H groups in total. The van der Waals surface area contributed by atoms with Gasteiger partial charge in [0.25, 0.3) is 5.91 Å². The second kappa shape index (κ2) is 7.40. The van der Waals surface area contributed by atoms with Gasteiger partial charge >= 0.3 is 0 Å². The van der Waals surface area contributed by atoms with Crippen molar-refractivity contribution in [3.63, 3.8) is 0 Å². The minimum Gasteiger partial charge on any atom is -0.366 e. The summed E-state index contributed by atoms with van der Waals surface area (Å²) in [5.74, 6) is 0.575. The molecule has 0 radical (unpaired) electrons. The molecule has 0 aliphatic rings. The van der Waals surface area contributed by atoms with E-state index in [0.717, 1.165) is 23.5 Å². The van der Waals surface area contributed by atoms with E-state index in [9.17, 15) is 4.79 Å². The Morgan fingerprint density at radius 1 is 1.45 bits per heavy atom. The number of anilines is 1. The van der Waals surface area contributed by atoms with Gasteiger partial charge in [-0.2, -0.15) is 5.10 Å². The first-order valence-electron chi connectivity index (χ1n) is 7.24. The number of aromatic nitrogens is 3. The Morgan fingerprint density at radius 2 is 2.27 bits per heavy atom. The number of aryl methyl sites for hydroxylation is 2. The van der Waals surface area contributed by atoms with Crippen molar-refractivity contribution >= 4 is 11.7 Å². The summed E-state index contributed by atoms with van der Waals surface area (Å²) in [5.41, 5.74) is 2.76. The number of pyridine rings is 1. The van der Waals surface area contributed by atoms with Gasteiger partial charge in [0.2, 0.25) is 0 Å². The summed E-state index contributed by atoms with van der Waals surface area (Å²) in [7, 11) is 1.91. The van der Waals surface area contributed by atoms with Crippen LogP contribution in [0, 0.1) is 0 Å². The molecule has 0 fully saturated rings. The lowest BCUT2D eigenvalue weighted by molar-refractivity contribution is 0.0957. The van der Waals surface area contributed by atoms with Crippen molar-refractivity contribution in [1.29, 1.82) is 0 Å². The summed E-state index contributed by atoms with van der Waals surface area (Å²) in [6.07, 6.45) is 6.10. The maximum absolute atomic E-state index is 11.8. The van der Waals surface area contributed by atoms with Crippen LogP contribution in [0.5, 0.6) is 0 Å². The molecule has 0 unspecified atom stereocenters. The number of hydrogen-bond acceptors (Lipinski definition) is 4. The van der Waals surface area contributed by atoms with Crippen molar-refractivity contribution in [2.75, 3.05) is 11.9 Å². The largest absolute Gasteiger partial charge is 0.366 e. The maximum Gasteiger partial charge on any atom is 0.253 e. The van der Waals surface area contributed by atoms with Crippen LogP contribution in [0.4, 0.5) is 5.82 Å². The molecule has 2 aromatic rings. The van der Waals surface area contributed by atoms with Crippen LogP contribution in [0.2, 0.25) is 0 Å². The first kappa shape index (κ1) is 15.8. The molecule has 2 heterocycles. The summed E-state index contributed by atoms with van der Waals surface area (Å²) in [4.78, 5) is 16.0. The zero-order valence-electron chi connectivity index (χ0n) is 13.0. The molecular formula is C16H21N5O. The van der Waals surface area contributed by atoms with Gasteiger partial charge in [0.15, 0.2) is 0 Å². The molecular weight excluding hydrogens is 278 g/mol. The van der Waals surface area contributed by atoms with Gasteiger partial charge in [-0.3, -0.25) is 9.48 Å². The van der Waals surface area contributed by atoms with Gasteiger partial charge in [-0.25, -0.2) is 4.98 Å². The fraction of sp³-hybridized carbons (Fsp3) is 0.312. The van der Waals surface area contributed by atoms with E-state index in [1.54, 1.807) is 24.4 Å². The maximum atomic E-state index is 11.8. The minimum absolute atomic E-state index is 0.153. The summed E-state index contributed by atoms with van der Waals surface area (Å²) in [5, 5.41) is 10.4. The molecule has 2 aromatic heterocycles. The first-order chi connectivity index (χ1) is 10.6. The van der Waals surface area contributed by atoms with Crippen molar-refractivity contribution in [1.82, 2.24) is 20.1 Å². The molecule has 6 heteroatoms. The zero-order chi connectivity index (χ0) is 15.9. The second-order valence-electron chi connectivity index (χ2n) is 4.91. The van der Waals surface area contributed by atoms with Gasteiger partial charge in [0, 0.05) is 38.1 Å². The Labute approximate surface area is 130 Å².